The van der Waals surface area contributed by atoms with Gasteiger partial charge in [0.05, 0.1) is 10.6 Å². The minimum atomic E-state index is -4.95. The van der Waals surface area contributed by atoms with E-state index in [0.717, 1.165) is 56.1 Å². The molecule has 20 nitrogen and oxygen atoms in total. The van der Waals surface area contributed by atoms with Crippen LogP contribution in [0.2, 0.25) is 0 Å². The predicted octanol–water partition coefficient (Wildman–Crippen LogP) is 7.39. The smallest absolute Gasteiger partial charge is 0.296 e. The average molecular weight is 930 g/mol. The Hall–Kier alpha value is -8.47. The highest BCUT2D eigenvalue weighted by atomic mass is 32.2. The fraction of sp³-hybridized carbons (Fsp3) is 0.0889. The van der Waals surface area contributed by atoms with Gasteiger partial charge in [-0.2, -0.15) is 23.4 Å². The van der Waals surface area contributed by atoms with Gasteiger partial charge in [-0.05, 0) is 75.4 Å². The first kappa shape index (κ1) is 41.2. The number of aromatic nitrogens is 11. The zero-order valence-corrected chi connectivity index (χ0v) is 37.3. The molecular formula is C45H35N15O5S2. The molecule has 2 aliphatic heterocycles. The molecule has 8 N–H and O–H groups in total. The Morgan fingerprint density at radius 3 is 1.61 bits per heavy atom. The summed E-state index contributed by atoms with van der Waals surface area (Å²) in [5, 5.41) is 8.63. The molecule has 0 atom stereocenters. The highest BCUT2D eigenvalue weighted by Crippen LogP contribution is 2.39. The van der Waals surface area contributed by atoms with Crippen molar-refractivity contribution in [2.75, 3.05) is 28.1 Å². The largest absolute Gasteiger partial charge is 0.368 e. The van der Waals surface area contributed by atoms with E-state index in [-0.39, 0.29) is 40.1 Å². The molecule has 6 heterocycles. The molecule has 9 aromatic rings. The number of anilines is 5. The van der Waals surface area contributed by atoms with Crippen molar-refractivity contribution in [3.8, 4) is 45.6 Å². The van der Waals surface area contributed by atoms with Crippen molar-refractivity contribution in [2.24, 2.45) is 0 Å². The lowest BCUT2D eigenvalue weighted by Gasteiger charge is -2.14. The maximum absolute atomic E-state index is 14.4. The van der Waals surface area contributed by atoms with E-state index < -0.39 is 30.7 Å². The van der Waals surface area contributed by atoms with Crippen LogP contribution in [0.4, 0.5) is 29.2 Å². The van der Waals surface area contributed by atoms with Crippen molar-refractivity contribution in [1.82, 2.24) is 54.8 Å². The van der Waals surface area contributed by atoms with E-state index in [1.807, 2.05) is 75.4 Å². The van der Waals surface area contributed by atoms with Crippen LogP contribution in [-0.2, 0) is 20.1 Å². The number of nitrogen functional groups attached to an aromatic ring is 1. The van der Waals surface area contributed by atoms with Gasteiger partial charge < -0.3 is 26.3 Å². The number of aryl methyl sites for hydroxylation is 3. The van der Waals surface area contributed by atoms with Crippen molar-refractivity contribution in [1.29, 1.82) is 0 Å². The number of rotatable bonds is 7. The molecule has 0 aliphatic carbocycles. The Bertz CT molecular complexity index is 4040. The van der Waals surface area contributed by atoms with Crippen LogP contribution in [0.3, 0.4) is 0 Å². The van der Waals surface area contributed by atoms with Crippen molar-refractivity contribution < 1.29 is 21.4 Å². The van der Waals surface area contributed by atoms with Gasteiger partial charge in [-0.25, -0.2) is 38.3 Å². The Balaban J connectivity index is 1.11. The number of hydrogen-bond acceptors (Lipinski definition) is 16. The van der Waals surface area contributed by atoms with Crippen molar-refractivity contribution >= 4 is 93.5 Å². The first-order chi connectivity index (χ1) is 32.1. The topological polar surface area (TPSA) is 298 Å². The molecule has 0 radical (unpaired) electrons. The Morgan fingerprint density at radius 1 is 0.522 bits per heavy atom. The van der Waals surface area contributed by atoms with Crippen LogP contribution >= 0.6 is 0 Å². The average Bonchev–Trinajstić information content (AvgIpc) is 4.00. The summed E-state index contributed by atoms with van der Waals surface area (Å²) < 4.78 is 66.4. The number of H-pyrrole nitrogens is 2. The van der Waals surface area contributed by atoms with Gasteiger partial charge in [0.2, 0.25) is 17.8 Å². The summed E-state index contributed by atoms with van der Waals surface area (Å²) in [7, 11) is -7.99. The zero-order chi connectivity index (χ0) is 46.5. The first-order valence-corrected chi connectivity index (χ1v) is 23.4. The zero-order valence-electron chi connectivity index (χ0n) is 35.7. The lowest BCUT2D eigenvalue weighted by atomic mass is 10.1. The summed E-state index contributed by atoms with van der Waals surface area (Å²) in [5.41, 5.74) is 12.7. The Labute approximate surface area is 380 Å². The molecule has 2 aliphatic rings. The third kappa shape index (κ3) is 7.33. The molecule has 0 amide bonds. The van der Waals surface area contributed by atoms with E-state index >= 15 is 0 Å². The quantitative estimate of drug-likeness (QED) is 0.0766. The van der Waals surface area contributed by atoms with Gasteiger partial charge in [-0.15, -0.1) is 0 Å². The van der Waals surface area contributed by atoms with E-state index in [1.54, 1.807) is 13.1 Å². The number of benzene rings is 5. The summed E-state index contributed by atoms with van der Waals surface area (Å²) in [4.78, 5) is 48.1. The van der Waals surface area contributed by atoms with Crippen molar-refractivity contribution in [3.05, 3.63) is 108 Å². The highest BCUT2D eigenvalue weighted by molar-refractivity contribution is 7.93. The normalized spacial score (nSPS) is 12.3. The van der Waals surface area contributed by atoms with E-state index in [9.17, 15) is 21.4 Å². The van der Waals surface area contributed by atoms with Crippen LogP contribution in [0.15, 0.2) is 101 Å². The molecule has 8 bridgehead atoms. The van der Waals surface area contributed by atoms with Gasteiger partial charge in [0.1, 0.15) is 27.5 Å². The van der Waals surface area contributed by atoms with E-state index in [4.69, 9.17) is 35.6 Å². The third-order valence-corrected chi connectivity index (χ3v) is 13.5. The van der Waals surface area contributed by atoms with E-state index in [0.29, 0.717) is 50.8 Å². The minimum absolute atomic E-state index is 0.0243. The number of nitrogens with two attached hydrogens (primary N) is 1. The molecule has 0 saturated heterocycles. The van der Waals surface area contributed by atoms with Crippen LogP contribution < -0.4 is 21.1 Å². The van der Waals surface area contributed by atoms with Gasteiger partial charge >= 0.3 is 0 Å². The van der Waals surface area contributed by atoms with E-state index in [1.165, 1.54) is 18.2 Å². The number of nitrogens with zero attached hydrogens (tertiary/aromatic N) is 9. The molecular weight excluding hydrogens is 895 g/mol. The van der Waals surface area contributed by atoms with Gasteiger partial charge in [0.15, 0.2) is 23.3 Å². The SMILES string of the molecule is CNc1nc(N)nc(Nc2ccc(S(=O)(=O)O)c(NS(=O)(=O)c3ccc4c(c3)-c3nc-4nc4[nH]c(nc5nc(nc6[nH]c(n3)c3ccc(C)cc63)-c3ccc(C)cc3-5)c3cc(C)ccc43)c2)n1. The number of aromatic amines is 2. The number of nitrogens with one attached hydrogen (secondary N) is 5. The fourth-order valence-electron chi connectivity index (χ4n) is 8.09. The lowest BCUT2D eigenvalue weighted by molar-refractivity contribution is 0.483. The summed E-state index contributed by atoms with van der Waals surface area (Å²) in [6.07, 6.45) is 0. The monoisotopic (exact) mass is 929 g/mol. The number of hydrogen-bond donors (Lipinski definition) is 7. The lowest BCUT2D eigenvalue weighted by Crippen LogP contribution is -2.16. The fourth-order valence-corrected chi connectivity index (χ4v) is 9.88. The molecule has 5 aromatic carbocycles. The molecule has 332 valence electrons. The Morgan fingerprint density at radius 2 is 1.03 bits per heavy atom. The summed E-state index contributed by atoms with van der Waals surface area (Å²) in [6.45, 7) is 5.97. The second-order valence-corrected chi connectivity index (χ2v) is 19.0. The standard InChI is InChI=1S/C45H35N15O5S2/c1-20-6-11-26-29(15-20)39-51-36-27-12-7-22(3)17-31(27)41(53-36)56-40-30-16-21(2)5-10-25(30)35(50-40)49-38-28-13-9-24(19-32(28)42(55-38)54-37(26)52-39)66(61,62)60-33-18-23(8-14-34(33)67(63,64)65)48-45-58-43(46)57-44(47-4)59-45/h5-19,60H,1-4H3,(H,63,64,65)(H4,46,47,48,57,58,59)(H2,49,50,51,52,53,54,55,56). The molecule has 67 heavy (non-hydrogen) atoms. The minimum Gasteiger partial charge on any atom is -0.368 e. The van der Waals surface area contributed by atoms with E-state index in [2.05, 4.69) is 40.3 Å². The molecule has 22 heteroatoms. The summed E-state index contributed by atoms with van der Waals surface area (Å²) >= 11 is 0. The molecule has 0 unspecified atom stereocenters. The number of fused-ring (bicyclic) bond motifs is 20. The number of sulfonamides is 1. The van der Waals surface area contributed by atoms with Crippen LogP contribution in [0.1, 0.15) is 16.7 Å². The maximum atomic E-state index is 14.4. The third-order valence-electron chi connectivity index (χ3n) is 11.2. The Kier molecular flexibility index (Phi) is 9.26. The predicted molar refractivity (Wildman–Crippen MR) is 254 cm³/mol. The van der Waals surface area contributed by atoms with Crippen LogP contribution in [0, 0.1) is 20.8 Å². The highest BCUT2D eigenvalue weighted by Gasteiger charge is 2.27. The molecule has 4 aromatic heterocycles. The van der Waals surface area contributed by atoms with Crippen LogP contribution in [0.5, 0.6) is 0 Å². The summed E-state index contributed by atoms with van der Waals surface area (Å²) in [5.74, 6) is 1.28. The first-order valence-electron chi connectivity index (χ1n) is 20.5. The van der Waals surface area contributed by atoms with Crippen molar-refractivity contribution in [2.45, 2.75) is 30.6 Å². The van der Waals surface area contributed by atoms with Gasteiger partial charge in [0.25, 0.3) is 20.1 Å². The molecule has 11 rings (SSSR count). The second-order valence-electron chi connectivity index (χ2n) is 16.0. The van der Waals surface area contributed by atoms with Crippen molar-refractivity contribution in [3.63, 3.8) is 0 Å². The van der Waals surface area contributed by atoms with Gasteiger partial charge in [-0.3, -0.25) is 9.27 Å². The van der Waals surface area contributed by atoms with Gasteiger partial charge in [-0.1, -0.05) is 53.1 Å². The maximum Gasteiger partial charge on any atom is 0.296 e. The molecule has 0 saturated carbocycles. The molecule has 0 spiro atoms. The van der Waals surface area contributed by atoms with Crippen LogP contribution in [0.25, 0.3) is 89.7 Å². The van der Waals surface area contributed by atoms with Gasteiger partial charge in [0, 0.05) is 56.5 Å². The van der Waals surface area contributed by atoms with Crippen LogP contribution in [-0.4, -0.2) is 83.3 Å². The molecule has 0 fully saturated rings. The summed E-state index contributed by atoms with van der Waals surface area (Å²) in [6, 6.07) is 25.6. The second kappa shape index (κ2) is 15.0.